The summed E-state index contributed by atoms with van der Waals surface area (Å²) in [7, 11) is -1.43. The fraction of sp³-hybridized carbons (Fsp3) is 0.769. The van der Waals surface area contributed by atoms with Crippen molar-refractivity contribution in [2.75, 3.05) is 26.7 Å². The van der Waals surface area contributed by atoms with Crippen LogP contribution in [0.3, 0.4) is 0 Å². The largest absolute Gasteiger partial charge is 0.305 e. The smallest absolute Gasteiger partial charge is 0.247 e. The third kappa shape index (κ3) is 2.75. The van der Waals surface area contributed by atoms with Gasteiger partial charge >= 0.3 is 0 Å². The van der Waals surface area contributed by atoms with Crippen LogP contribution in [-0.4, -0.2) is 60.5 Å². The number of nitrogens with one attached hydrogen (secondary N) is 1. The molecule has 0 amide bonds. The highest BCUT2D eigenvalue weighted by atomic mass is 32.2. The lowest BCUT2D eigenvalue weighted by atomic mass is 10.2. The second-order valence-electron chi connectivity index (χ2n) is 5.56. The van der Waals surface area contributed by atoms with Crippen molar-refractivity contribution < 1.29 is 8.42 Å². The molecule has 0 saturated carbocycles. The summed E-state index contributed by atoms with van der Waals surface area (Å²) in [4.78, 5) is 2.55. The Hall–Kier alpha value is -0.920. The van der Waals surface area contributed by atoms with Crippen molar-refractivity contribution in [2.24, 2.45) is 0 Å². The van der Waals surface area contributed by atoms with E-state index in [1.54, 1.807) is 18.2 Å². The molecule has 1 aliphatic rings. The fourth-order valence-corrected chi connectivity index (χ4v) is 4.97. The molecule has 1 saturated heterocycles. The van der Waals surface area contributed by atoms with Crippen LogP contribution in [0.2, 0.25) is 0 Å². The van der Waals surface area contributed by atoms with Gasteiger partial charge in [-0.2, -0.15) is 9.40 Å². The molecule has 0 spiro atoms. The van der Waals surface area contributed by atoms with Crippen LogP contribution in [0.1, 0.15) is 31.2 Å². The first kappa shape index (κ1) is 15.5. The van der Waals surface area contributed by atoms with Gasteiger partial charge in [-0.1, -0.05) is 6.92 Å². The number of H-pyrrole nitrogens is 1. The summed E-state index contributed by atoms with van der Waals surface area (Å²) in [5.41, 5.74) is 1.17. The van der Waals surface area contributed by atoms with Crippen molar-refractivity contribution in [2.45, 2.75) is 44.6 Å². The molecule has 2 rings (SSSR count). The highest BCUT2D eigenvalue weighted by Gasteiger charge is 2.35. The van der Waals surface area contributed by atoms with Crippen molar-refractivity contribution in [1.82, 2.24) is 19.4 Å². The average molecular weight is 300 g/mol. The molecule has 2 heterocycles. The first-order valence-electron chi connectivity index (χ1n) is 7.09. The summed E-state index contributed by atoms with van der Waals surface area (Å²) in [6, 6.07) is 0.0289. The van der Waals surface area contributed by atoms with Gasteiger partial charge in [0, 0.05) is 19.1 Å². The molecular formula is C13H24N4O2S. The molecule has 114 valence electrons. The van der Waals surface area contributed by atoms with E-state index in [4.69, 9.17) is 0 Å². The second-order valence-corrected chi connectivity index (χ2v) is 7.38. The molecule has 1 aromatic rings. The van der Waals surface area contributed by atoms with E-state index >= 15 is 0 Å². The third-order valence-corrected chi connectivity index (χ3v) is 6.16. The normalized spacial score (nSPS) is 22.9. The van der Waals surface area contributed by atoms with E-state index in [-0.39, 0.29) is 6.04 Å². The number of sulfonamides is 1. The van der Waals surface area contributed by atoms with Crippen LogP contribution in [0.5, 0.6) is 0 Å². The summed E-state index contributed by atoms with van der Waals surface area (Å²) in [6.45, 7) is 7.84. The van der Waals surface area contributed by atoms with Crippen LogP contribution >= 0.6 is 0 Å². The maximum atomic E-state index is 13.0. The molecular weight excluding hydrogens is 276 g/mol. The van der Waals surface area contributed by atoms with Crippen LogP contribution in [0.4, 0.5) is 0 Å². The molecule has 0 aromatic carbocycles. The monoisotopic (exact) mass is 300 g/mol. The summed E-state index contributed by atoms with van der Waals surface area (Å²) in [6.07, 6.45) is 1.68. The van der Waals surface area contributed by atoms with Gasteiger partial charge < -0.3 is 4.90 Å². The van der Waals surface area contributed by atoms with Crippen LogP contribution in [0, 0.1) is 13.8 Å². The van der Waals surface area contributed by atoms with Gasteiger partial charge in [0.25, 0.3) is 0 Å². The first-order valence-corrected chi connectivity index (χ1v) is 8.54. The minimum atomic E-state index is -3.48. The van der Waals surface area contributed by atoms with Crippen molar-refractivity contribution in [3.05, 3.63) is 11.4 Å². The quantitative estimate of drug-likeness (QED) is 0.908. The molecule has 1 aliphatic heterocycles. The van der Waals surface area contributed by atoms with Gasteiger partial charge in [0.1, 0.15) is 4.90 Å². The van der Waals surface area contributed by atoms with E-state index in [0.29, 0.717) is 22.8 Å². The molecule has 1 aromatic heterocycles. The Kier molecular flexibility index (Phi) is 4.51. The maximum Gasteiger partial charge on any atom is 0.247 e. The summed E-state index contributed by atoms with van der Waals surface area (Å²) < 4.78 is 27.6. The maximum absolute atomic E-state index is 13.0. The number of aryl methyl sites for hydroxylation is 2. The van der Waals surface area contributed by atoms with Crippen molar-refractivity contribution >= 4 is 10.0 Å². The van der Waals surface area contributed by atoms with Crippen molar-refractivity contribution in [3.63, 3.8) is 0 Å². The Bertz CT molecular complexity index is 547. The van der Waals surface area contributed by atoms with Crippen LogP contribution < -0.4 is 0 Å². The summed E-state index contributed by atoms with van der Waals surface area (Å²) in [5, 5.41) is 6.80. The van der Waals surface area contributed by atoms with E-state index in [2.05, 4.69) is 15.1 Å². The Morgan fingerprint density at radius 3 is 2.60 bits per heavy atom. The second kappa shape index (κ2) is 5.83. The van der Waals surface area contributed by atoms with E-state index < -0.39 is 10.0 Å². The average Bonchev–Trinajstić information content (AvgIpc) is 2.61. The van der Waals surface area contributed by atoms with Crippen molar-refractivity contribution in [1.29, 1.82) is 0 Å². The lowest BCUT2D eigenvalue weighted by molar-refractivity contribution is 0.270. The Labute approximate surface area is 121 Å². The molecule has 1 N–H and O–H groups in total. The van der Waals surface area contributed by atoms with Gasteiger partial charge in [-0.05, 0) is 40.3 Å². The lowest BCUT2D eigenvalue weighted by Crippen LogP contribution is -2.43. The molecule has 7 heteroatoms. The predicted octanol–water partition coefficient (Wildman–Crippen LogP) is 1.13. The Morgan fingerprint density at radius 2 is 2.05 bits per heavy atom. The zero-order valence-corrected chi connectivity index (χ0v) is 13.5. The van der Waals surface area contributed by atoms with Gasteiger partial charge in [0.2, 0.25) is 10.0 Å². The minimum Gasteiger partial charge on any atom is -0.305 e. The summed E-state index contributed by atoms with van der Waals surface area (Å²) >= 11 is 0. The number of aromatic nitrogens is 2. The Morgan fingerprint density at radius 1 is 1.35 bits per heavy atom. The summed E-state index contributed by atoms with van der Waals surface area (Å²) in [5.74, 6) is 0. The molecule has 6 nitrogen and oxygen atoms in total. The fourth-order valence-electron chi connectivity index (χ4n) is 2.91. The first-order chi connectivity index (χ1) is 9.37. The molecule has 20 heavy (non-hydrogen) atoms. The number of hydrogen-bond donors (Lipinski definition) is 1. The number of aromatic amines is 1. The van der Waals surface area contributed by atoms with Gasteiger partial charge in [-0.3, -0.25) is 5.10 Å². The van der Waals surface area contributed by atoms with Crippen molar-refractivity contribution in [3.8, 4) is 0 Å². The SMILES string of the molecule is CCC1CN(C)CCCN1S(=O)(=O)c1c(C)n[nH]c1C. The highest BCUT2D eigenvalue weighted by Crippen LogP contribution is 2.26. The standard InChI is InChI=1S/C13H24N4O2S/c1-5-12-9-16(4)7-6-8-17(12)20(18,19)13-10(2)14-15-11(13)3/h12H,5-9H2,1-4H3,(H,14,15). The van der Waals surface area contributed by atoms with Gasteiger partial charge in [0.05, 0.1) is 11.4 Å². The van der Waals surface area contributed by atoms with Gasteiger partial charge in [-0.25, -0.2) is 8.42 Å². The van der Waals surface area contributed by atoms with E-state index in [1.165, 1.54) is 0 Å². The van der Waals surface area contributed by atoms with Gasteiger partial charge in [0.15, 0.2) is 0 Å². The molecule has 0 radical (unpaired) electrons. The third-order valence-electron chi connectivity index (χ3n) is 3.95. The van der Waals surface area contributed by atoms with Crippen LogP contribution in [0.15, 0.2) is 4.90 Å². The number of rotatable bonds is 3. The molecule has 0 aliphatic carbocycles. The minimum absolute atomic E-state index is 0.0289. The highest BCUT2D eigenvalue weighted by molar-refractivity contribution is 7.89. The van der Waals surface area contributed by atoms with Gasteiger partial charge in [-0.15, -0.1) is 0 Å². The molecule has 0 bridgehead atoms. The predicted molar refractivity (Wildman–Crippen MR) is 78.1 cm³/mol. The number of nitrogens with zero attached hydrogens (tertiary/aromatic N) is 3. The zero-order valence-electron chi connectivity index (χ0n) is 12.7. The topological polar surface area (TPSA) is 69.3 Å². The van der Waals surface area contributed by atoms with Crippen LogP contribution in [0.25, 0.3) is 0 Å². The molecule has 1 unspecified atom stereocenters. The molecule has 1 fully saturated rings. The van der Waals surface area contributed by atoms with E-state index in [1.807, 2.05) is 14.0 Å². The number of likely N-dealkylation sites (N-methyl/N-ethyl adjacent to an activating group) is 1. The molecule has 1 atom stereocenters. The van der Waals surface area contributed by atoms with Crippen LogP contribution in [-0.2, 0) is 10.0 Å². The van der Waals surface area contributed by atoms with E-state index in [0.717, 1.165) is 25.9 Å². The lowest BCUT2D eigenvalue weighted by Gasteiger charge is -2.29. The Balaban J connectivity index is 2.41. The number of hydrogen-bond acceptors (Lipinski definition) is 4. The zero-order chi connectivity index (χ0) is 14.9. The van der Waals surface area contributed by atoms with E-state index in [9.17, 15) is 8.42 Å².